The molecule has 0 saturated heterocycles. The summed E-state index contributed by atoms with van der Waals surface area (Å²) in [5.74, 6) is 0.205. The van der Waals surface area contributed by atoms with Gasteiger partial charge in [-0.15, -0.1) is 10.2 Å². The Bertz CT molecular complexity index is 821. The van der Waals surface area contributed by atoms with Crippen LogP contribution in [0.2, 0.25) is 0 Å². The van der Waals surface area contributed by atoms with Crippen molar-refractivity contribution in [1.82, 2.24) is 30.6 Å². The number of aromatic nitrogens is 6. The molecule has 10 nitrogen and oxygen atoms in total. The minimum absolute atomic E-state index is 0.0488. The molecule has 3 rings (SSSR count). The zero-order chi connectivity index (χ0) is 16.2. The number of hydrogen-bond donors (Lipinski definition) is 1. The SMILES string of the molecule is CCOc1c([N+](=O)[O-])cnc(-c2cccnc2)c1-c1nn[nH]n1. The minimum Gasteiger partial charge on any atom is -0.486 e. The molecule has 116 valence electrons. The molecule has 0 fully saturated rings. The Balaban J connectivity index is 2.33. The Hall–Kier alpha value is -3.43. The van der Waals surface area contributed by atoms with Gasteiger partial charge in [0, 0.05) is 18.0 Å². The molecule has 0 aromatic carbocycles. The predicted octanol–water partition coefficient (Wildman–Crippen LogP) is 1.63. The van der Waals surface area contributed by atoms with Gasteiger partial charge in [0.25, 0.3) is 0 Å². The van der Waals surface area contributed by atoms with Crippen molar-refractivity contribution in [2.45, 2.75) is 6.92 Å². The summed E-state index contributed by atoms with van der Waals surface area (Å²) >= 11 is 0. The van der Waals surface area contributed by atoms with Crippen LogP contribution in [0.25, 0.3) is 22.6 Å². The highest BCUT2D eigenvalue weighted by Gasteiger charge is 2.27. The molecular weight excluding hydrogens is 302 g/mol. The second kappa shape index (κ2) is 6.13. The molecule has 1 N–H and O–H groups in total. The van der Waals surface area contributed by atoms with Crippen LogP contribution < -0.4 is 4.74 Å². The molecule has 0 spiro atoms. The summed E-state index contributed by atoms with van der Waals surface area (Å²) in [5.41, 5.74) is 1.11. The number of hydrogen-bond acceptors (Lipinski definition) is 8. The molecule has 0 unspecified atom stereocenters. The lowest BCUT2D eigenvalue weighted by atomic mass is 10.1. The van der Waals surface area contributed by atoms with Gasteiger partial charge in [0.1, 0.15) is 6.20 Å². The fourth-order valence-corrected chi connectivity index (χ4v) is 2.10. The van der Waals surface area contributed by atoms with Crippen LogP contribution in [0, 0.1) is 10.1 Å². The van der Waals surface area contributed by atoms with E-state index in [-0.39, 0.29) is 23.9 Å². The van der Waals surface area contributed by atoms with Crippen molar-refractivity contribution < 1.29 is 9.66 Å². The maximum Gasteiger partial charge on any atom is 0.329 e. The molecule has 0 atom stereocenters. The van der Waals surface area contributed by atoms with Gasteiger partial charge in [-0.25, -0.2) is 4.98 Å². The normalized spacial score (nSPS) is 10.5. The van der Waals surface area contributed by atoms with E-state index in [1.807, 2.05) is 0 Å². The number of pyridine rings is 2. The number of rotatable bonds is 5. The molecule has 3 heterocycles. The van der Waals surface area contributed by atoms with E-state index in [4.69, 9.17) is 4.74 Å². The molecule has 3 aromatic heterocycles. The third-order valence-corrected chi connectivity index (χ3v) is 3.00. The van der Waals surface area contributed by atoms with Crippen molar-refractivity contribution >= 4 is 5.69 Å². The van der Waals surface area contributed by atoms with Crippen molar-refractivity contribution in [1.29, 1.82) is 0 Å². The van der Waals surface area contributed by atoms with Crippen molar-refractivity contribution in [2.75, 3.05) is 6.61 Å². The lowest BCUT2D eigenvalue weighted by molar-refractivity contribution is -0.386. The van der Waals surface area contributed by atoms with Gasteiger partial charge < -0.3 is 4.74 Å². The summed E-state index contributed by atoms with van der Waals surface area (Å²) in [6, 6.07) is 3.51. The smallest absolute Gasteiger partial charge is 0.329 e. The van der Waals surface area contributed by atoms with Crippen molar-refractivity contribution in [3.63, 3.8) is 0 Å². The zero-order valence-electron chi connectivity index (χ0n) is 12.0. The maximum absolute atomic E-state index is 11.3. The maximum atomic E-state index is 11.3. The van der Waals surface area contributed by atoms with Crippen LogP contribution in [-0.2, 0) is 0 Å². The van der Waals surface area contributed by atoms with Crippen LogP contribution >= 0.6 is 0 Å². The summed E-state index contributed by atoms with van der Waals surface area (Å²) in [5, 5.41) is 24.9. The number of tetrazole rings is 1. The number of H-pyrrole nitrogens is 1. The molecule has 0 radical (unpaired) electrons. The summed E-state index contributed by atoms with van der Waals surface area (Å²) in [6.07, 6.45) is 4.36. The monoisotopic (exact) mass is 313 g/mol. The van der Waals surface area contributed by atoms with Gasteiger partial charge in [-0.05, 0) is 24.3 Å². The second-order valence-corrected chi connectivity index (χ2v) is 4.36. The van der Waals surface area contributed by atoms with Crippen molar-refractivity contribution in [3.05, 3.63) is 40.8 Å². The summed E-state index contributed by atoms with van der Waals surface area (Å²) in [7, 11) is 0. The van der Waals surface area contributed by atoms with Crippen LogP contribution in [0.15, 0.2) is 30.7 Å². The van der Waals surface area contributed by atoms with E-state index >= 15 is 0 Å². The molecule has 23 heavy (non-hydrogen) atoms. The number of nitro groups is 1. The zero-order valence-corrected chi connectivity index (χ0v) is 12.0. The van der Waals surface area contributed by atoms with E-state index in [9.17, 15) is 10.1 Å². The third-order valence-electron chi connectivity index (χ3n) is 3.00. The van der Waals surface area contributed by atoms with Crippen molar-refractivity contribution in [3.8, 4) is 28.4 Å². The number of aromatic amines is 1. The topological polar surface area (TPSA) is 133 Å². The average Bonchev–Trinajstić information content (AvgIpc) is 3.09. The fourth-order valence-electron chi connectivity index (χ4n) is 2.10. The van der Waals surface area contributed by atoms with Gasteiger partial charge in [-0.1, -0.05) is 0 Å². The van der Waals surface area contributed by atoms with Gasteiger partial charge in [0.2, 0.25) is 11.6 Å². The van der Waals surface area contributed by atoms with Gasteiger partial charge in [0.15, 0.2) is 0 Å². The van der Waals surface area contributed by atoms with Gasteiger partial charge in [0.05, 0.1) is 22.8 Å². The molecule has 0 saturated carbocycles. The Kier molecular flexibility index (Phi) is 3.87. The first-order valence-electron chi connectivity index (χ1n) is 6.66. The first kappa shape index (κ1) is 14.5. The number of ether oxygens (including phenoxy) is 1. The summed E-state index contributed by atoms with van der Waals surface area (Å²) < 4.78 is 5.49. The lowest BCUT2D eigenvalue weighted by Crippen LogP contribution is -2.03. The Morgan fingerprint density at radius 1 is 1.39 bits per heavy atom. The van der Waals surface area contributed by atoms with Crippen molar-refractivity contribution in [2.24, 2.45) is 0 Å². The molecule has 0 bridgehead atoms. The molecule has 0 aliphatic rings. The fraction of sp³-hybridized carbons (Fsp3) is 0.154. The lowest BCUT2D eigenvalue weighted by Gasteiger charge is -2.12. The van der Waals surface area contributed by atoms with Gasteiger partial charge in [-0.2, -0.15) is 5.21 Å². The van der Waals surface area contributed by atoms with Gasteiger partial charge >= 0.3 is 5.69 Å². The van der Waals surface area contributed by atoms with E-state index < -0.39 is 4.92 Å². The average molecular weight is 313 g/mol. The highest BCUT2D eigenvalue weighted by atomic mass is 16.6. The molecule has 0 aliphatic heterocycles. The minimum atomic E-state index is -0.561. The Morgan fingerprint density at radius 2 is 2.26 bits per heavy atom. The summed E-state index contributed by atoms with van der Waals surface area (Å²) in [6.45, 7) is 1.97. The predicted molar refractivity (Wildman–Crippen MR) is 78.5 cm³/mol. The van der Waals surface area contributed by atoms with Crippen LogP contribution in [0.5, 0.6) is 5.75 Å². The molecular formula is C13H11N7O3. The van der Waals surface area contributed by atoms with Gasteiger partial charge in [-0.3, -0.25) is 15.1 Å². The Labute approximate surface area is 129 Å². The first-order chi connectivity index (χ1) is 11.2. The highest BCUT2D eigenvalue weighted by molar-refractivity contribution is 5.84. The largest absolute Gasteiger partial charge is 0.486 e. The van der Waals surface area contributed by atoms with E-state index in [1.165, 1.54) is 0 Å². The molecule has 10 heteroatoms. The quantitative estimate of drug-likeness (QED) is 0.555. The third kappa shape index (κ3) is 2.69. The van der Waals surface area contributed by atoms with E-state index in [0.717, 1.165) is 6.20 Å². The van der Waals surface area contributed by atoms with Crippen LogP contribution in [0.3, 0.4) is 0 Å². The molecule has 0 amide bonds. The number of nitrogens with zero attached hydrogens (tertiary/aromatic N) is 6. The van der Waals surface area contributed by atoms with Crippen LogP contribution in [-0.4, -0.2) is 42.1 Å². The first-order valence-corrected chi connectivity index (χ1v) is 6.66. The Morgan fingerprint density at radius 3 is 2.87 bits per heavy atom. The van der Waals surface area contributed by atoms with E-state index in [2.05, 4.69) is 30.6 Å². The van der Waals surface area contributed by atoms with Crippen LogP contribution in [0.1, 0.15) is 6.92 Å². The second-order valence-electron chi connectivity index (χ2n) is 4.36. The summed E-state index contributed by atoms with van der Waals surface area (Å²) in [4.78, 5) is 18.9. The standard InChI is InChI=1S/C13H11N7O3/c1-2-23-12-9(20(21)22)7-15-11(8-4-3-5-14-6-8)10(12)13-16-18-19-17-13/h3-7H,2H2,1H3,(H,16,17,18,19). The van der Waals surface area contributed by atoms with E-state index in [0.29, 0.717) is 16.8 Å². The van der Waals surface area contributed by atoms with Crippen LogP contribution in [0.4, 0.5) is 5.69 Å². The molecule has 0 aliphatic carbocycles. The highest BCUT2D eigenvalue weighted by Crippen LogP contribution is 2.41. The number of nitrogens with one attached hydrogen (secondary N) is 1. The van der Waals surface area contributed by atoms with E-state index in [1.54, 1.807) is 31.5 Å². The molecule has 3 aromatic rings.